The Bertz CT molecular complexity index is 820. The van der Waals surface area contributed by atoms with Crippen LogP contribution in [0.1, 0.15) is 36.0 Å². The number of fused-ring (bicyclic) bond motifs is 1. The molecule has 3 rings (SSSR count). The van der Waals surface area contributed by atoms with Gasteiger partial charge in [-0.3, -0.25) is 4.79 Å². The van der Waals surface area contributed by atoms with Crippen LogP contribution in [-0.2, 0) is 11.2 Å². The van der Waals surface area contributed by atoms with Gasteiger partial charge in [-0.2, -0.15) is 0 Å². The second kappa shape index (κ2) is 5.84. The second-order valence-electron chi connectivity index (χ2n) is 5.53. The van der Waals surface area contributed by atoms with Crippen LogP contribution in [0.15, 0.2) is 24.5 Å². The zero-order valence-electron chi connectivity index (χ0n) is 12.7. The van der Waals surface area contributed by atoms with Gasteiger partial charge in [-0.15, -0.1) is 10.2 Å². The maximum absolute atomic E-state index is 12.1. The number of aryl methyl sites for hydroxylation is 1. The summed E-state index contributed by atoms with van der Waals surface area (Å²) < 4.78 is 1.91. The number of nitrogens with one attached hydrogen (secondary N) is 1. The predicted octanol–water partition coefficient (Wildman–Crippen LogP) is 2.80. The van der Waals surface area contributed by atoms with Gasteiger partial charge in [-0.05, 0) is 24.6 Å². The molecule has 1 N–H and O–H groups in total. The van der Waals surface area contributed by atoms with Crippen molar-refractivity contribution in [1.82, 2.24) is 19.6 Å². The lowest BCUT2D eigenvalue weighted by atomic mass is 10.2. The van der Waals surface area contributed by atoms with E-state index in [9.17, 15) is 4.79 Å². The Hall–Kier alpha value is -2.28. The first-order valence-corrected chi connectivity index (χ1v) is 7.90. The largest absolute Gasteiger partial charge is 0.307 e. The van der Waals surface area contributed by atoms with Gasteiger partial charge < -0.3 is 9.72 Å². The lowest BCUT2D eigenvalue weighted by Crippen LogP contribution is -2.14. The fourth-order valence-corrected chi connectivity index (χ4v) is 2.83. The van der Waals surface area contributed by atoms with Crippen LogP contribution in [0, 0.1) is 6.92 Å². The molecule has 0 saturated heterocycles. The van der Waals surface area contributed by atoms with Crippen LogP contribution in [0.25, 0.3) is 5.65 Å². The maximum Gasteiger partial charge on any atom is 0.232 e. The molecule has 22 heavy (non-hydrogen) atoms. The Kier molecular flexibility index (Phi) is 3.89. The first-order valence-electron chi connectivity index (χ1n) is 7.09. The summed E-state index contributed by atoms with van der Waals surface area (Å²) in [5.74, 6) is 0.177. The summed E-state index contributed by atoms with van der Waals surface area (Å²) in [6.45, 7) is 6.11. The van der Waals surface area contributed by atoms with Gasteiger partial charge in [0.15, 0.2) is 0 Å². The fraction of sp³-hybridized carbons (Fsp3) is 0.333. The summed E-state index contributed by atoms with van der Waals surface area (Å²) in [7, 11) is 0. The van der Waals surface area contributed by atoms with Crippen LogP contribution in [0.2, 0.25) is 0 Å². The van der Waals surface area contributed by atoms with Crippen LogP contribution in [-0.4, -0.2) is 25.5 Å². The molecule has 3 heterocycles. The summed E-state index contributed by atoms with van der Waals surface area (Å²) >= 11 is 1.41. The molecule has 3 aromatic rings. The third-order valence-electron chi connectivity index (χ3n) is 3.19. The highest BCUT2D eigenvalue weighted by molar-refractivity contribution is 7.15. The van der Waals surface area contributed by atoms with Crippen molar-refractivity contribution in [2.24, 2.45) is 0 Å². The molecule has 0 unspecified atom stereocenters. The van der Waals surface area contributed by atoms with Gasteiger partial charge in [0.05, 0.1) is 12.1 Å². The number of carbonyl (C=O) groups is 1. The SMILES string of the molecule is Cc1ccn2cc(CC(=O)Nc3nnc(C(C)C)s3)nc2c1. The zero-order chi connectivity index (χ0) is 15.7. The molecule has 0 aliphatic carbocycles. The minimum absolute atomic E-state index is 0.133. The van der Waals surface area contributed by atoms with Crippen molar-refractivity contribution >= 4 is 28.0 Å². The number of hydrogen-bond acceptors (Lipinski definition) is 5. The van der Waals surface area contributed by atoms with Gasteiger partial charge in [-0.25, -0.2) is 4.98 Å². The average molecular weight is 315 g/mol. The van der Waals surface area contributed by atoms with Crippen molar-refractivity contribution in [2.45, 2.75) is 33.1 Å². The van der Waals surface area contributed by atoms with Crippen LogP contribution in [0.3, 0.4) is 0 Å². The maximum atomic E-state index is 12.1. The second-order valence-corrected chi connectivity index (χ2v) is 6.54. The molecule has 0 aliphatic heterocycles. The van der Waals surface area contributed by atoms with Gasteiger partial charge in [0.1, 0.15) is 10.7 Å². The molecule has 114 valence electrons. The van der Waals surface area contributed by atoms with E-state index in [4.69, 9.17) is 0 Å². The Morgan fingerprint density at radius 2 is 2.23 bits per heavy atom. The number of amides is 1. The topological polar surface area (TPSA) is 72.2 Å². The number of aromatic nitrogens is 4. The Morgan fingerprint density at radius 1 is 1.41 bits per heavy atom. The van der Waals surface area contributed by atoms with Gasteiger partial charge in [0, 0.05) is 18.3 Å². The molecule has 1 amide bonds. The normalized spacial score (nSPS) is 11.3. The average Bonchev–Trinajstić information content (AvgIpc) is 3.04. The van der Waals surface area contributed by atoms with E-state index in [-0.39, 0.29) is 12.3 Å². The highest BCUT2D eigenvalue weighted by Gasteiger charge is 2.12. The van der Waals surface area contributed by atoms with Crippen molar-refractivity contribution in [3.05, 3.63) is 40.8 Å². The summed E-state index contributed by atoms with van der Waals surface area (Å²) in [4.78, 5) is 16.5. The zero-order valence-corrected chi connectivity index (χ0v) is 13.5. The van der Waals surface area contributed by atoms with Crippen LogP contribution in [0.5, 0.6) is 0 Å². The number of hydrogen-bond donors (Lipinski definition) is 1. The van der Waals surface area contributed by atoms with Crippen molar-refractivity contribution in [3.63, 3.8) is 0 Å². The first kappa shape index (κ1) is 14.6. The number of rotatable bonds is 4. The van der Waals surface area contributed by atoms with E-state index >= 15 is 0 Å². The standard InChI is InChI=1S/C15H17N5OS/c1-9(2)14-18-19-15(22-14)17-13(21)7-11-8-20-5-4-10(3)6-12(20)16-11/h4-6,8-9H,7H2,1-3H3,(H,17,19,21). The number of nitrogens with zero attached hydrogens (tertiary/aromatic N) is 4. The Labute approximate surface area is 132 Å². The van der Waals surface area contributed by atoms with Crippen LogP contribution in [0.4, 0.5) is 5.13 Å². The third kappa shape index (κ3) is 3.14. The van der Waals surface area contributed by atoms with Crippen LogP contribution >= 0.6 is 11.3 Å². The summed E-state index contributed by atoms with van der Waals surface area (Å²) in [5, 5.41) is 12.3. The summed E-state index contributed by atoms with van der Waals surface area (Å²) in [5.41, 5.74) is 2.72. The third-order valence-corrected chi connectivity index (χ3v) is 4.33. The van der Waals surface area contributed by atoms with Crippen molar-refractivity contribution in [2.75, 3.05) is 5.32 Å². The molecule has 7 heteroatoms. The minimum Gasteiger partial charge on any atom is -0.307 e. The molecule has 0 aromatic carbocycles. The smallest absolute Gasteiger partial charge is 0.232 e. The van der Waals surface area contributed by atoms with E-state index in [0.29, 0.717) is 11.0 Å². The molecule has 0 bridgehead atoms. The number of carbonyl (C=O) groups excluding carboxylic acids is 1. The molecule has 0 radical (unpaired) electrons. The van der Waals surface area contributed by atoms with Gasteiger partial charge in [0.25, 0.3) is 0 Å². The summed E-state index contributed by atoms with van der Waals surface area (Å²) in [6, 6.07) is 3.99. The van der Waals surface area contributed by atoms with Crippen LogP contribution < -0.4 is 5.32 Å². The minimum atomic E-state index is -0.133. The Morgan fingerprint density at radius 3 is 2.95 bits per heavy atom. The highest BCUT2D eigenvalue weighted by atomic mass is 32.1. The molecular formula is C15H17N5OS. The highest BCUT2D eigenvalue weighted by Crippen LogP contribution is 2.22. The van der Waals surface area contributed by atoms with E-state index in [1.165, 1.54) is 11.3 Å². The van der Waals surface area contributed by atoms with E-state index in [1.807, 2.05) is 49.7 Å². The fourth-order valence-electron chi connectivity index (χ4n) is 2.07. The lowest BCUT2D eigenvalue weighted by molar-refractivity contribution is -0.115. The van der Waals surface area contributed by atoms with Gasteiger partial charge in [0.2, 0.25) is 11.0 Å². The molecule has 0 saturated carbocycles. The number of pyridine rings is 1. The quantitative estimate of drug-likeness (QED) is 0.803. The van der Waals surface area contributed by atoms with E-state index in [0.717, 1.165) is 21.9 Å². The molecule has 6 nitrogen and oxygen atoms in total. The molecule has 0 fully saturated rings. The number of imidazole rings is 1. The molecule has 0 aliphatic rings. The molecular weight excluding hydrogens is 298 g/mol. The van der Waals surface area contributed by atoms with E-state index in [1.54, 1.807) is 0 Å². The van der Waals surface area contributed by atoms with E-state index < -0.39 is 0 Å². The Balaban J connectivity index is 1.69. The predicted molar refractivity (Wildman–Crippen MR) is 86.3 cm³/mol. The lowest BCUT2D eigenvalue weighted by Gasteiger charge is -1.98. The first-order chi connectivity index (χ1) is 10.5. The van der Waals surface area contributed by atoms with Gasteiger partial charge >= 0.3 is 0 Å². The van der Waals surface area contributed by atoms with Gasteiger partial charge in [-0.1, -0.05) is 25.2 Å². The van der Waals surface area contributed by atoms with Crippen molar-refractivity contribution in [3.8, 4) is 0 Å². The van der Waals surface area contributed by atoms with Crippen molar-refractivity contribution in [1.29, 1.82) is 0 Å². The molecule has 0 spiro atoms. The van der Waals surface area contributed by atoms with E-state index in [2.05, 4.69) is 20.5 Å². The number of anilines is 1. The molecule has 0 atom stereocenters. The van der Waals surface area contributed by atoms with Crippen molar-refractivity contribution < 1.29 is 4.79 Å². The molecule has 3 aromatic heterocycles. The monoisotopic (exact) mass is 315 g/mol. The summed E-state index contributed by atoms with van der Waals surface area (Å²) in [6.07, 6.45) is 4.03.